The van der Waals surface area contributed by atoms with Crippen LogP contribution in [0.25, 0.3) is 44.5 Å². The Bertz CT molecular complexity index is 2950. The fourth-order valence-corrected chi connectivity index (χ4v) is 10.7. The lowest BCUT2D eigenvalue weighted by Gasteiger charge is -2.34. The molecule has 280 valence electrons. The van der Waals surface area contributed by atoms with Gasteiger partial charge in [0.15, 0.2) is 0 Å². The van der Waals surface area contributed by atoms with Gasteiger partial charge < -0.3 is 0 Å². The summed E-state index contributed by atoms with van der Waals surface area (Å²) >= 11 is 0. The summed E-state index contributed by atoms with van der Waals surface area (Å²) in [5.41, 5.74) is 21.6. The minimum atomic E-state index is -0.466. The molecule has 0 amide bonds. The summed E-state index contributed by atoms with van der Waals surface area (Å²) in [5.74, 6) is -0.0126. The van der Waals surface area contributed by atoms with E-state index in [1.165, 1.54) is 94.6 Å². The van der Waals surface area contributed by atoms with Gasteiger partial charge in [0.25, 0.3) is 0 Å². The molecule has 0 radical (unpaired) electrons. The summed E-state index contributed by atoms with van der Waals surface area (Å²) in [6, 6.07) is 83.8. The van der Waals surface area contributed by atoms with E-state index in [-0.39, 0.29) is 11.3 Å². The predicted molar refractivity (Wildman–Crippen MR) is 246 cm³/mol. The predicted octanol–water partition coefficient (Wildman–Crippen LogP) is 14.9. The van der Waals surface area contributed by atoms with Crippen LogP contribution in [0.3, 0.4) is 0 Å². The average molecular weight is 753 g/mol. The molecule has 0 fully saturated rings. The molecule has 0 saturated carbocycles. The second-order valence-corrected chi connectivity index (χ2v) is 16.7. The summed E-state index contributed by atoms with van der Waals surface area (Å²) in [6.07, 6.45) is 0. The summed E-state index contributed by atoms with van der Waals surface area (Å²) < 4.78 is 0. The Balaban J connectivity index is 1.15. The molecule has 0 spiro atoms. The Morgan fingerprint density at radius 1 is 0.322 bits per heavy atom. The molecule has 0 nitrogen and oxygen atoms in total. The van der Waals surface area contributed by atoms with Gasteiger partial charge in [0.05, 0.1) is 5.41 Å². The van der Waals surface area contributed by atoms with Gasteiger partial charge in [-0.15, -0.1) is 0 Å². The Labute approximate surface area is 348 Å². The van der Waals surface area contributed by atoms with Crippen LogP contribution in [0.4, 0.5) is 0 Å². The second kappa shape index (κ2) is 13.8. The van der Waals surface area contributed by atoms with E-state index in [1.807, 2.05) is 0 Å². The molecule has 0 heteroatoms. The third kappa shape index (κ3) is 5.37. The van der Waals surface area contributed by atoms with Crippen molar-refractivity contribution in [2.24, 2.45) is 0 Å². The fourth-order valence-electron chi connectivity index (χ4n) is 10.7. The summed E-state index contributed by atoms with van der Waals surface area (Å²) in [6.45, 7) is 4.77. The Morgan fingerprint density at radius 2 is 0.814 bits per heavy atom. The van der Waals surface area contributed by atoms with E-state index in [2.05, 4.69) is 238 Å². The zero-order valence-electron chi connectivity index (χ0n) is 33.4. The molecule has 0 N–H and O–H groups in total. The molecule has 1 atom stereocenters. The van der Waals surface area contributed by atoms with Crippen LogP contribution < -0.4 is 0 Å². The number of rotatable bonds is 7. The van der Waals surface area contributed by atoms with Crippen molar-refractivity contribution in [3.63, 3.8) is 0 Å². The van der Waals surface area contributed by atoms with E-state index in [0.29, 0.717) is 0 Å². The van der Waals surface area contributed by atoms with Crippen molar-refractivity contribution >= 4 is 0 Å². The van der Waals surface area contributed by atoms with Crippen LogP contribution in [0.1, 0.15) is 69.8 Å². The van der Waals surface area contributed by atoms with E-state index in [9.17, 15) is 0 Å². The van der Waals surface area contributed by atoms with Gasteiger partial charge in [0.1, 0.15) is 0 Å². The van der Waals surface area contributed by atoms with Crippen molar-refractivity contribution in [1.29, 1.82) is 0 Å². The van der Waals surface area contributed by atoms with Gasteiger partial charge in [-0.2, -0.15) is 0 Å². The largest absolute Gasteiger partial charge is 0.0713 e. The van der Waals surface area contributed by atoms with Gasteiger partial charge in [-0.25, -0.2) is 0 Å². The SMILES string of the molecule is CC1(C)c2ccccc2-c2ccc(C(c3ccc(-c4ccccc4)cc3)c3ccccc3-c3cccc4c3-c3ccccc3C4(c3ccccc3)c3ccccc3)cc21. The Morgan fingerprint density at radius 3 is 1.51 bits per heavy atom. The summed E-state index contributed by atoms with van der Waals surface area (Å²) in [5, 5.41) is 0. The van der Waals surface area contributed by atoms with Gasteiger partial charge in [-0.1, -0.05) is 238 Å². The molecule has 2 aliphatic carbocycles. The Kier molecular flexibility index (Phi) is 8.24. The summed E-state index contributed by atoms with van der Waals surface area (Å²) in [4.78, 5) is 0. The van der Waals surface area contributed by atoms with Crippen LogP contribution in [-0.4, -0.2) is 0 Å². The van der Waals surface area contributed by atoms with Crippen molar-refractivity contribution in [3.05, 3.63) is 275 Å². The number of hydrogen-bond acceptors (Lipinski definition) is 0. The smallest absolute Gasteiger partial charge is 0.0622 e. The maximum Gasteiger partial charge on any atom is 0.0713 e. The van der Waals surface area contributed by atoms with Crippen LogP contribution in [0.15, 0.2) is 224 Å². The lowest BCUT2D eigenvalue weighted by atomic mass is 9.67. The normalized spacial score (nSPS) is 14.5. The maximum absolute atomic E-state index is 2.52. The highest BCUT2D eigenvalue weighted by Crippen LogP contribution is 2.59. The van der Waals surface area contributed by atoms with Crippen molar-refractivity contribution < 1.29 is 0 Å². The van der Waals surface area contributed by atoms with Crippen molar-refractivity contribution in [2.75, 3.05) is 0 Å². The highest BCUT2D eigenvalue weighted by Gasteiger charge is 2.47. The average Bonchev–Trinajstić information content (AvgIpc) is 3.73. The van der Waals surface area contributed by atoms with E-state index < -0.39 is 5.41 Å². The minimum absolute atomic E-state index is 0.0126. The van der Waals surface area contributed by atoms with Gasteiger partial charge >= 0.3 is 0 Å². The molecule has 0 aromatic heterocycles. The fraction of sp³-hybridized carbons (Fsp3) is 0.0847. The minimum Gasteiger partial charge on any atom is -0.0622 e. The quantitative estimate of drug-likeness (QED) is 0.142. The van der Waals surface area contributed by atoms with Crippen LogP contribution in [-0.2, 0) is 10.8 Å². The first-order valence-electron chi connectivity index (χ1n) is 20.9. The second-order valence-electron chi connectivity index (χ2n) is 16.7. The lowest BCUT2D eigenvalue weighted by molar-refractivity contribution is 0.659. The lowest BCUT2D eigenvalue weighted by Crippen LogP contribution is -2.28. The summed E-state index contributed by atoms with van der Waals surface area (Å²) in [7, 11) is 0. The molecular formula is C59H44. The highest BCUT2D eigenvalue weighted by atomic mass is 14.5. The number of fused-ring (bicyclic) bond motifs is 6. The number of hydrogen-bond donors (Lipinski definition) is 0. The molecule has 9 aromatic rings. The van der Waals surface area contributed by atoms with Crippen LogP contribution in [0.2, 0.25) is 0 Å². The standard InChI is InChI=1S/C59H44/c1-58(2)52-30-16-14-26-47(52)48-38-37-43(39-55(48)58)56(42-35-33-41(34-36-42)40-19-6-3-7-20-40)49-27-13-12-25-46(49)50-29-18-32-54-57(50)51-28-15-17-31-53(51)59(54,44-21-8-4-9-22-44)45-23-10-5-11-24-45/h3-39,56H,1-2H3. The highest BCUT2D eigenvalue weighted by molar-refractivity contribution is 5.96. The number of benzene rings is 9. The van der Waals surface area contributed by atoms with Gasteiger partial charge in [0.2, 0.25) is 0 Å². The van der Waals surface area contributed by atoms with Crippen LogP contribution in [0, 0.1) is 0 Å². The molecule has 9 aromatic carbocycles. The molecule has 59 heavy (non-hydrogen) atoms. The van der Waals surface area contributed by atoms with E-state index >= 15 is 0 Å². The first-order valence-corrected chi connectivity index (χ1v) is 20.9. The molecule has 1 unspecified atom stereocenters. The van der Waals surface area contributed by atoms with Crippen molar-refractivity contribution in [3.8, 4) is 44.5 Å². The van der Waals surface area contributed by atoms with E-state index in [4.69, 9.17) is 0 Å². The zero-order valence-corrected chi connectivity index (χ0v) is 33.4. The zero-order chi connectivity index (χ0) is 39.6. The van der Waals surface area contributed by atoms with Gasteiger partial charge in [-0.3, -0.25) is 0 Å². The topological polar surface area (TPSA) is 0 Å². The van der Waals surface area contributed by atoms with Crippen molar-refractivity contribution in [2.45, 2.75) is 30.6 Å². The molecule has 2 aliphatic rings. The molecule has 0 bridgehead atoms. The van der Waals surface area contributed by atoms with Crippen LogP contribution >= 0.6 is 0 Å². The Hall–Kier alpha value is -7.02. The third-order valence-corrected chi connectivity index (χ3v) is 13.3. The molecule has 0 aliphatic heterocycles. The van der Waals surface area contributed by atoms with Crippen LogP contribution in [0.5, 0.6) is 0 Å². The third-order valence-electron chi connectivity index (χ3n) is 13.3. The molecule has 11 rings (SSSR count). The maximum atomic E-state index is 2.52. The van der Waals surface area contributed by atoms with Crippen molar-refractivity contribution in [1.82, 2.24) is 0 Å². The monoisotopic (exact) mass is 752 g/mol. The molecule has 0 saturated heterocycles. The first-order chi connectivity index (χ1) is 29.0. The molecular weight excluding hydrogens is 709 g/mol. The van der Waals surface area contributed by atoms with Gasteiger partial charge in [-0.05, 0) is 94.6 Å². The molecule has 0 heterocycles. The van der Waals surface area contributed by atoms with Gasteiger partial charge in [0, 0.05) is 11.3 Å². The first kappa shape index (κ1) is 35.2. The van der Waals surface area contributed by atoms with E-state index in [0.717, 1.165) is 0 Å². The van der Waals surface area contributed by atoms with E-state index in [1.54, 1.807) is 0 Å².